The number of carbonyl (C=O) groups excluding carboxylic acids is 1. The van der Waals surface area contributed by atoms with E-state index in [-0.39, 0.29) is 13.0 Å². The second-order valence-electron chi connectivity index (χ2n) is 14.2. The first-order valence-corrected chi connectivity index (χ1v) is 20.2. The van der Waals surface area contributed by atoms with Gasteiger partial charge in [-0.25, -0.2) is 0 Å². The van der Waals surface area contributed by atoms with Crippen molar-refractivity contribution >= 4 is 5.91 Å². The Morgan fingerprint density at radius 1 is 0.680 bits per heavy atom. The van der Waals surface area contributed by atoms with Gasteiger partial charge < -0.3 is 45.4 Å². The molecule has 1 heterocycles. The van der Waals surface area contributed by atoms with Gasteiger partial charge in [-0.1, -0.05) is 147 Å². The molecule has 0 radical (unpaired) electrons. The molecule has 10 heteroatoms. The third-order valence-corrected chi connectivity index (χ3v) is 9.63. The van der Waals surface area contributed by atoms with Gasteiger partial charge in [-0.2, -0.15) is 0 Å². The van der Waals surface area contributed by atoms with Crippen molar-refractivity contribution in [3.8, 4) is 0 Å². The van der Waals surface area contributed by atoms with Crippen molar-refractivity contribution in [3.05, 3.63) is 24.3 Å². The molecule has 0 aromatic carbocycles. The SMILES string of the molecule is CCCC/C=C\CCCCCC(O)C(=O)NC(COC1OC(CO)C(O)C(O)C1O)C(O)/C=C/CCCCCCCCCCCCCCCC. The molecule has 8 atom stereocenters. The lowest BCUT2D eigenvalue weighted by molar-refractivity contribution is -0.302. The van der Waals surface area contributed by atoms with E-state index in [1.54, 1.807) is 6.08 Å². The van der Waals surface area contributed by atoms with E-state index in [0.717, 1.165) is 44.9 Å². The summed E-state index contributed by atoms with van der Waals surface area (Å²) >= 11 is 0. The summed E-state index contributed by atoms with van der Waals surface area (Å²) in [6, 6.07) is -0.981. The quantitative estimate of drug-likeness (QED) is 0.0320. The average molecular weight is 714 g/mol. The minimum absolute atomic E-state index is 0.288. The fraction of sp³-hybridized carbons (Fsp3) is 0.875. The Bertz CT molecular complexity index is 855. The minimum Gasteiger partial charge on any atom is -0.394 e. The molecule has 0 bridgehead atoms. The Hall–Kier alpha value is -1.37. The third kappa shape index (κ3) is 21.9. The second kappa shape index (κ2) is 31.2. The molecule has 50 heavy (non-hydrogen) atoms. The highest BCUT2D eigenvalue weighted by Gasteiger charge is 2.44. The van der Waals surface area contributed by atoms with Crippen LogP contribution in [0.2, 0.25) is 0 Å². The van der Waals surface area contributed by atoms with Crippen LogP contribution in [0.4, 0.5) is 0 Å². The number of hydrogen-bond donors (Lipinski definition) is 7. The first kappa shape index (κ1) is 46.7. The Morgan fingerprint density at radius 3 is 1.74 bits per heavy atom. The third-order valence-electron chi connectivity index (χ3n) is 9.63. The maximum atomic E-state index is 12.9. The van der Waals surface area contributed by atoms with Crippen LogP contribution in [-0.4, -0.2) is 98.7 Å². The molecule has 0 aromatic heterocycles. The van der Waals surface area contributed by atoms with Gasteiger partial charge >= 0.3 is 0 Å². The molecule has 0 aromatic rings. The standard InChI is InChI=1S/C40H75NO9/c1-3-5-7-9-11-13-14-15-16-17-18-19-21-22-24-26-28-33(43)32(31-49-40-38(47)37(46)36(45)35(30-42)50-40)41-39(48)34(44)29-27-25-23-20-12-10-8-6-4-2/h10,12,26,28,32-38,40,42-47H,3-9,11,13-25,27,29-31H2,1-2H3,(H,41,48)/b12-10-,28-26+. The van der Waals surface area contributed by atoms with Crippen LogP contribution in [0, 0.1) is 0 Å². The molecule has 10 nitrogen and oxygen atoms in total. The zero-order chi connectivity index (χ0) is 36.8. The number of unbranched alkanes of at least 4 members (excludes halogenated alkanes) is 19. The smallest absolute Gasteiger partial charge is 0.249 e. The predicted octanol–water partition coefficient (Wildman–Crippen LogP) is 6.13. The number of amides is 1. The monoisotopic (exact) mass is 714 g/mol. The van der Waals surface area contributed by atoms with E-state index in [9.17, 15) is 35.4 Å². The summed E-state index contributed by atoms with van der Waals surface area (Å²) in [5.41, 5.74) is 0. The summed E-state index contributed by atoms with van der Waals surface area (Å²) in [5, 5.41) is 64.2. The van der Waals surface area contributed by atoms with Crippen molar-refractivity contribution in [2.45, 2.75) is 210 Å². The number of nitrogens with one attached hydrogen (secondary N) is 1. The molecule has 1 aliphatic rings. The number of hydrogen-bond acceptors (Lipinski definition) is 9. The van der Waals surface area contributed by atoms with Gasteiger partial charge in [-0.05, 0) is 38.5 Å². The van der Waals surface area contributed by atoms with Crippen LogP contribution in [0.5, 0.6) is 0 Å². The van der Waals surface area contributed by atoms with Gasteiger partial charge in [-0.3, -0.25) is 4.79 Å². The maximum Gasteiger partial charge on any atom is 0.249 e. The zero-order valence-electron chi connectivity index (χ0n) is 31.5. The molecule has 1 rings (SSSR count). The Morgan fingerprint density at radius 2 is 1.18 bits per heavy atom. The highest BCUT2D eigenvalue weighted by Crippen LogP contribution is 2.22. The van der Waals surface area contributed by atoms with E-state index in [4.69, 9.17) is 9.47 Å². The van der Waals surface area contributed by atoms with E-state index < -0.39 is 61.5 Å². The van der Waals surface area contributed by atoms with Crippen molar-refractivity contribution in [1.29, 1.82) is 0 Å². The van der Waals surface area contributed by atoms with Crippen molar-refractivity contribution in [3.63, 3.8) is 0 Å². The minimum atomic E-state index is -1.61. The van der Waals surface area contributed by atoms with Gasteiger partial charge in [0.05, 0.1) is 25.4 Å². The number of carbonyl (C=O) groups is 1. The fourth-order valence-corrected chi connectivity index (χ4v) is 6.20. The number of aliphatic hydroxyl groups is 6. The van der Waals surface area contributed by atoms with Crippen LogP contribution >= 0.6 is 0 Å². The Balaban J connectivity index is 2.50. The van der Waals surface area contributed by atoms with Crippen LogP contribution in [0.15, 0.2) is 24.3 Å². The van der Waals surface area contributed by atoms with Crippen LogP contribution in [0.1, 0.15) is 162 Å². The van der Waals surface area contributed by atoms with Crippen molar-refractivity contribution in [2.24, 2.45) is 0 Å². The van der Waals surface area contributed by atoms with Crippen LogP contribution in [-0.2, 0) is 14.3 Å². The molecular formula is C40H75NO9. The molecular weight excluding hydrogens is 638 g/mol. The predicted molar refractivity (Wildman–Crippen MR) is 199 cm³/mol. The molecule has 7 N–H and O–H groups in total. The molecule has 1 fully saturated rings. The first-order valence-electron chi connectivity index (χ1n) is 20.2. The normalized spacial score (nSPS) is 23.1. The summed E-state index contributed by atoms with van der Waals surface area (Å²) in [7, 11) is 0. The Kier molecular flexibility index (Phi) is 29.1. The van der Waals surface area contributed by atoms with Gasteiger partial charge in [0.25, 0.3) is 0 Å². The number of aliphatic hydroxyl groups excluding tert-OH is 6. The summed E-state index contributed by atoms with van der Waals surface area (Å²) < 4.78 is 11.1. The maximum absolute atomic E-state index is 12.9. The average Bonchev–Trinajstić information content (AvgIpc) is 3.11. The highest BCUT2D eigenvalue weighted by molar-refractivity contribution is 5.80. The molecule has 1 amide bonds. The molecule has 8 unspecified atom stereocenters. The van der Waals surface area contributed by atoms with Crippen LogP contribution < -0.4 is 5.32 Å². The van der Waals surface area contributed by atoms with E-state index >= 15 is 0 Å². The van der Waals surface area contributed by atoms with Crippen molar-refractivity contribution < 1.29 is 44.9 Å². The fourth-order valence-electron chi connectivity index (χ4n) is 6.20. The Labute approximate surface area is 303 Å². The lowest BCUT2D eigenvalue weighted by Crippen LogP contribution is -2.60. The first-order chi connectivity index (χ1) is 24.3. The summed E-state index contributed by atoms with van der Waals surface area (Å²) in [6.07, 6.45) is 24.2. The van der Waals surface area contributed by atoms with Crippen molar-refractivity contribution in [1.82, 2.24) is 5.32 Å². The van der Waals surface area contributed by atoms with E-state index in [1.165, 1.54) is 89.9 Å². The zero-order valence-corrected chi connectivity index (χ0v) is 31.5. The molecule has 1 aliphatic heterocycles. The van der Waals surface area contributed by atoms with Crippen LogP contribution in [0.3, 0.4) is 0 Å². The molecule has 294 valence electrons. The van der Waals surface area contributed by atoms with Gasteiger partial charge in [0.15, 0.2) is 6.29 Å². The second-order valence-corrected chi connectivity index (χ2v) is 14.2. The van der Waals surface area contributed by atoms with Gasteiger partial charge in [0.2, 0.25) is 5.91 Å². The van der Waals surface area contributed by atoms with Gasteiger partial charge in [0.1, 0.15) is 30.5 Å². The number of rotatable bonds is 32. The molecule has 0 saturated carbocycles. The molecule has 0 aliphatic carbocycles. The molecule has 1 saturated heterocycles. The van der Waals surface area contributed by atoms with Crippen molar-refractivity contribution in [2.75, 3.05) is 13.2 Å². The number of allylic oxidation sites excluding steroid dienone is 3. The van der Waals surface area contributed by atoms with E-state index in [0.29, 0.717) is 6.42 Å². The highest BCUT2D eigenvalue weighted by atomic mass is 16.7. The largest absolute Gasteiger partial charge is 0.394 e. The van der Waals surface area contributed by atoms with Gasteiger partial charge in [-0.15, -0.1) is 0 Å². The van der Waals surface area contributed by atoms with E-state index in [2.05, 4.69) is 31.3 Å². The van der Waals surface area contributed by atoms with Gasteiger partial charge in [0, 0.05) is 0 Å². The number of ether oxygens (including phenoxy) is 2. The summed E-state index contributed by atoms with van der Waals surface area (Å²) in [6.45, 7) is 3.51. The van der Waals surface area contributed by atoms with Crippen LogP contribution in [0.25, 0.3) is 0 Å². The lowest BCUT2D eigenvalue weighted by Gasteiger charge is -2.40. The topological polar surface area (TPSA) is 169 Å². The molecule has 0 spiro atoms. The summed E-state index contributed by atoms with van der Waals surface area (Å²) in [5.74, 6) is -0.633. The van der Waals surface area contributed by atoms with E-state index in [1.807, 2.05) is 6.08 Å². The lowest BCUT2D eigenvalue weighted by atomic mass is 9.99. The summed E-state index contributed by atoms with van der Waals surface area (Å²) in [4.78, 5) is 12.9.